The number of rotatable bonds is 20. The number of carbonyl (C=O) groups is 1. The van der Waals surface area contributed by atoms with E-state index in [-0.39, 0.29) is 6.42 Å². The fourth-order valence-electron chi connectivity index (χ4n) is 3.62. The zero-order valence-corrected chi connectivity index (χ0v) is 20.3. The lowest BCUT2D eigenvalue weighted by atomic mass is 10.0. The number of unbranched alkanes of at least 4 members (excludes halogenated alkanes) is 12. The molecule has 0 aliphatic heterocycles. The molecule has 1 aromatic carbocycles. The molecule has 0 aliphatic carbocycles. The minimum absolute atomic E-state index is 0.118. The van der Waals surface area contributed by atoms with Crippen LogP contribution in [0.2, 0.25) is 0 Å². The van der Waals surface area contributed by atoms with E-state index in [1.165, 1.54) is 77.0 Å². The van der Waals surface area contributed by atoms with E-state index in [4.69, 9.17) is 22.1 Å². The van der Waals surface area contributed by atoms with Gasteiger partial charge in [-0.3, -0.25) is 4.79 Å². The third-order valence-corrected chi connectivity index (χ3v) is 5.77. The first kappa shape index (κ1) is 27.4. The maximum absolute atomic E-state index is 10.6. The van der Waals surface area contributed by atoms with Crippen LogP contribution in [0.5, 0.6) is 5.75 Å². The van der Waals surface area contributed by atoms with Gasteiger partial charge in [-0.25, -0.2) is 0 Å². The van der Waals surface area contributed by atoms with Gasteiger partial charge in [-0.05, 0) is 31.4 Å². The Morgan fingerprint density at radius 1 is 0.839 bits per heavy atom. The summed E-state index contributed by atoms with van der Waals surface area (Å²) in [6.07, 6.45) is 19.0. The number of benzene rings is 1. The highest BCUT2D eigenvalue weighted by Crippen LogP contribution is 2.24. The largest absolute Gasteiger partial charge is 0.491 e. The molecule has 0 amide bonds. The minimum Gasteiger partial charge on any atom is -0.491 e. The summed E-state index contributed by atoms with van der Waals surface area (Å²) in [4.78, 5) is 11.4. The lowest BCUT2D eigenvalue weighted by Crippen LogP contribution is -2.10. The quantitative estimate of drug-likeness (QED) is 0.155. The molecule has 0 aliphatic rings. The molecule has 5 heteroatoms. The molecule has 4 nitrogen and oxygen atoms in total. The number of ether oxygens (including phenoxy) is 1. The highest BCUT2D eigenvalue weighted by atomic mass is 32.1. The highest BCUT2D eigenvalue weighted by Gasteiger charge is 2.06. The van der Waals surface area contributed by atoms with E-state index in [0.29, 0.717) is 13.0 Å². The zero-order chi connectivity index (χ0) is 22.6. The van der Waals surface area contributed by atoms with Gasteiger partial charge in [0.25, 0.3) is 0 Å². The van der Waals surface area contributed by atoms with Crippen molar-refractivity contribution in [1.29, 1.82) is 0 Å². The molecule has 0 spiro atoms. The number of hydrogen-bond donors (Lipinski definition) is 2. The van der Waals surface area contributed by atoms with Gasteiger partial charge in [0.2, 0.25) is 0 Å². The summed E-state index contributed by atoms with van der Waals surface area (Å²) >= 11 is 5.51. The van der Waals surface area contributed by atoms with Crippen LogP contribution in [0.3, 0.4) is 0 Å². The highest BCUT2D eigenvalue weighted by molar-refractivity contribution is 7.80. The van der Waals surface area contributed by atoms with Crippen LogP contribution in [-0.2, 0) is 4.79 Å². The Labute approximate surface area is 195 Å². The molecule has 31 heavy (non-hydrogen) atoms. The van der Waals surface area contributed by atoms with Crippen LogP contribution in [0.15, 0.2) is 24.3 Å². The van der Waals surface area contributed by atoms with Gasteiger partial charge >= 0.3 is 5.97 Å². The van der Waals surface area contributed by atoms with E-state index >= 15 is 0 Å². The second-order valence-corrected chi connectivity index (χ2v) is 8.88. The monoisotopic (exact) mass is 449 g/mol. The van der Waals surface area contributed by atoms with Crippen LogP contribution in [0.1, 0.15) is 110 Å². The number of thiocarbonyl (C=S) groups is 1. The Hall–Kier alpha value is -1.62. The molecule has 0 unspecified atom stereocenters. The van der Waals surface area contributed by atoms with Crippen LogP contribution >= 0.6 is 12.2 Å². The van der Waals surface area contributed by atoms with Gasteiger partial charge in [0.1, 0.15) is 5.75 Å². The molecule has 0 radical (unpaired) electrons. The number of carboxylic acid groups (broad SMARTS) is 1. The molecule has 2 N–H and O–H groups in total. The average Bonchev–Trinajstić information content (AvgIpc) is 2.75. The van der Waals surface area contributed by atoms with Gasteiger partial charge in [-0.1, -0.05) is 108 Å². The van der Waals surface area contributed by atoms with Gasteiger partial charge in [0, 0.05) is 6.42 Å². The van der Waals surface area contributed by atoms with E-state index in [1.54, 1.807) is 0 Å². The predicted molar refractivity (Wildman–Crippen MR) is 135 cm³/mol. The molecule has 0 saturated carbocycles. The summed E-state index contributed by atoms with van der Waals surface area (Å²) in [5, 5.41) is 12.0. The van der Waals surface area contributed by atoms with Crippen molar-refractivity contribution in [3.63, 3.8) is 0 Å². The Balaban J connectivity index is 2.05. The number of anilines is 1. The first-order chi connectivity index (χ1) is 15.1. The summed E-state index contributed by atoms with van der Waals surface area (Å²) in [7, 11) is 0. The van der Waals surface area contributed by atoms with Crippen molar-refractivity contribution in [3.8, 4) is 5.75 Å². The maximum Gasteiger partial charge on any atom is 0.303 e. The Morgan fingerprint density at radius 3 is 1.97 bits per heavy atom. The van der Waals surface area contributed by atoms with Gasteiger partial charge in [-0.2, -0.15) is 0 Å². The molecule has 0 aromatic heterocycles. The van der Waals surface area contributed by atoms with Crippen molar-refractivity contribution >= 4 is 28.9 Å². The zero-order valence-electron chi connectivity index (χ0n) is 19.5. The standard InChI is InChI=1S/C26H43NO3S/c1-2-3-4-5-6-7-8-9-10-11-12-13-14-20-25(31)27-23-18-15-16-19-24(23)30-22-17-21-26(28)29/h15-16,18-19H,2-14,17,20-22H2,1H3,(H,27,31)(H,28,29). The molecule has 1 aromatic rings. The second-order valence-electron chi connectivity index (χ2n) is 8.38. The third kappa shape index (κ3) is 15.8. The van der Waals surface area contributed by atoms with E-state index in [9.17, 15) is 4.79 Å². The van der Waals surface area contributed by atoms with Gasteiger partial charge in [0.15, 0.2) is 0 Å². The van der Waals surface area contributed by atoms with Crippen molar-refractivity contribution in [2.24, 2.45) is 0 Å². The fourth-order valence-corrected chi connectivity index (χ4v) is 3.87. The fraction of sp³-hybridized carbons (Fsp3) is 0.692. The van der Waals surface area contributed by atoms with Crippen molar-refractivity contribution in [2.45, 2.75) is 110 Å². The minimum atomic E-state index is -0.797. The molecule has 0 heterocycles. The van der Waals surface area contributed by atoms with Crippen LogP contribution < -0.4 is 10.1 Å². The summed E-state index contributed by atoms with van der Waals surface area (Å²) in [6.45, 7) is 2.66. The predicted octanol–water partition coefficient (Wildman–Crippen LogP) is 8.15. The first-order valence-corrected chi connectivity index (χ1v) is 12.8. The molecular weight excluding hydrogens is 406 g/mol. The molecule has 0 atom stereocenters. The summed E-state index contributed by atoms with van der Waals surface area (Å²) < 4.78 is 5.73. The van der Waals surface area contributed by atoms with E-state index < -0.39 is 5.97 Å². The lowest BCUT2D eigenvalue weighted by molar-refractivity contribution is -0.137. The van der Waals surface area contributed by atoms with Crippen LogP contribution in [0.25, 0.3) is 0 Å². The van der Waals surface area contributed by atoms with E-state index in [2.05, 4.69) is 12.2 Å². The van der Waals surface area contributed by atoms with E-state index in [1.807, 2.05) is 24.3 Å². The molecule has 0 bridgehead atoms. The SMILES string of the molecule is CCCCCCCCCCCCCCCC(=S)Nc1ccccc1OCCCC(=O)O. The third-order valence-electron chi connectivity index (χ3n) is 5.46. The summed E-state index contributed by atoms with van der Waals surface area (Å²) in [5.41, 5.74) is 0.859. The molecular formula is C26H43NO3S. The Kier molecular flexibility index (Phi) is 16.9. The normalized spacial score (nSPS) is 10.7. The first-order valence-electron chi connectivity index (χ1n) is 12.4. The smallest absolute Gasteiger partial charge is 0.303 e. The average molecular weight is 450 g/mol. The number of para-hydroxylation sites is 2. The number of hydrogen-bond acceptors (Lipinski definition) is 3. The molecule has 176 valence electrons. The number of nitrogens with one attached hydrogen (secondary N) is 1. The molecule has 0 fully saturated rings. The van der Waals surface area contributed by atoms with Crippen LogP contribution in [0.4, 0.5) is 5.69 Å². The molecule has 1 rings (SSSR count). The maximum atomic E-state index is 10.6. The van der Waals surface area contributed by atoms with Crippen LogP contribution in [0, 0.1) is 0 Å². The topological polar surface area (TPSA) is 58.6 Å². The van der Waals surface area contributed by atoms with Crippen molar-refractivity contribution in [2.75, 3.05) is 11.9 Å². The van der Waals surface area contributed by atoms with Crippen molar-refractivity contribution in [1.82, 2.24) is 0 Å². The lowest BCUT2D eigenvalue weighted by Gasteiger charge is -2.13. The van der Waals surface area contributed by atoms with E-state index in [0.717, 1.165) is 29.3 Å². The van der Waals surface area contributed by atoms with Crippen molar-refractivity contribution < 1.29 is 14.6 Å². The van der Waals surface area contributed by atoms with Crippen LogP contribution in [-0.4, -0.2) is 22.7 Å². The molecule has 0 saturated heterocycles. The van der Waals surface area contributed by atoms with Gasteiger partial charge in [-0.15, -0.1) is 0 Å². The van der Waals surface area contributed by atoms with Gasteiger partial charge < -0.3 is 15.2 Å². The number of carboxylic acids is 1. The number of aliphatic carboxylic acids is 1. The summed E-state index contributed by atoms with van der Waals surface area (Å²) in [5.74, 6) is -0.0744. The van der Waals surface area contributed by atoms with Crippen molar-refractivity contribution in [3.05, 3.63) is 24.3 Å². The Bertz CT molecular complexity index is 606. The van der Waals surface area contributed by atoms with Gasteiger partial charge in [0.05, 0.1) is 17.3 Å². The summed E-state index contributed by atoms with van der Waals surface area (Å²) in [6, 6.07) is 7.69. The Morgan fingerprint density at radius 2 is 1.39 bits per heavy atom. The second kappa shape index (κ2) is 19.1.